The van der Waals surface area contributed by atoms with Crippen molar-refractivity contribution in [1.29, 1.82) is 0 Å². The van der Waals surface area contributed by atoms with E-state index < -0.39 is 0 Å². The van der Waals surface area contributed by atoms with Crippen LogP contribution in [0.15, 0.2) is 30.5 Å². The Kier molecular flexibility index (Phi) is 6.45. The van der Waals surface area contributed by atoms with E-state index in [2.05, 4.69) is 30.2 Å². The molecule has 1 heterocycles. The van der Waals surface area contributed by atoms with Gasteiger partial charge in [0.25, 0.3) is 0 Å². The third-order valence-electron chi connectivity index (χ3n) is 4.61. The summed E-state index contributed by atoms with van der Waals surface area (Å²) < 4.78 is 24.7. The number of aryl methyl sites for hydroxylation is 2. The Morgan fingerprint density at radius 2 is 2.00 bits per heavy atom. The van der Waals surface area contributed by atoms with Crippen LogP contribution in [0, 0.1) is 5.82 Å². The van der Waals surface area contributed by atoms with Gasteiger partial charge >= 0.3 is 0 Å². The van der Waals surface area contributed by atoms with E-state index in [0.717, 1.165) is 24.2 Å². The van der Waals surface area contributed by atoms with Crippen LogP contribution in [0.5, 0.6) is 5.75 Å². The third kappa shape index (κ3) is 4.94. The van der Waals surface area contributed by atoms with Gasteiger partial charge in [-0.05, 0) is 54.0 Å². The molecule has 0 saturated heterocycles. The van der Waals surface area contributed by atoms with Crippen molar-refractivity contribution in [2.75, 3.05) is 31.7 Å². The maximum atomic E-state index is 13.4. The molecule has 5 heteroatoms. The van der Waals surface area contributed by atoms with Gasteiger partial charge in [0.2, 0.25) is 0 Å². The fourth-order valence-electron chi connectivity index (χ4n) is 3.22. The van der Waals surface area contributed by atoms with E-state index in [1.165, 1.54) is 29.7 Å². The summed E-state index contributed by atoms with van der Waals surface area (Å²) in [5, 5.41) is 3.29. The van der Waals surface area contributed by atoms with Crippen LogP contribution in [0.1, 0.15) is 44.3 Å². The molecule has 0 unspecified atom stereocenters. The summed E-state index contributed by atoms with van der Waals surface area (Å²) >= 11 is 0. The van der Waals surface area contributed by atoms with Crippen molar-refractivity contribution in [3.63, 3.8) is 0 Å². The van der Waals surface area contributed by atoms with Gasteiger partial charge in [-0.3, -0.25) is 0 Å². The van der Waals surface area contributed by atoms with Crippen molar-refractivity contribution in [3.8, 4) is 5.75 Å². The molecule has 1 N–H and O–H groups in total. The number of aromatic nitrogens is 1. The maximum absolute atomic E-state index is 13.4. The number of hydrogen-bond acceptors (Lipinski definition) is 4. The monoisotopic (exact) mass is 360 g/mol. The molecular formula is C21H29FN2O2. The lowest BCUT2D eigenvalue weighted by Gasteiger charge is -2.14. The van der Waals surface area contributed by atoms with Crippen LogP contribution in [0.2, 0.25) is 0 Å². The van der Waals surface area contributed by atoms with Gasteiger partial charge in [0.1, 0.15) is 24.0 Å². The standard InChI is InChI=1S/C21H27FN2O2.H2/c1-15(2)19-7-6-18(22)13-20(19)26-11-10-25-9-8-23-21-12-16-4-3-5-17(16)14-24-21;/h6-7,12-15H,3-5,8-11H2,1-2H3,(H,23,24);1H. The van der Waals surface area contributed by atoms with E-state index >= 15 is 0 Å². The van der Waals surface area contributed by atoms with E-state index in [1.54, 1.807) is 6.07 Å². The summed E-state index contributed by atoms with van der Waals surface area (Å²) in [6.45, 7) is 6.27. The average Bonchev–Trinajstić information content (AvgIpc) is 3.08. The highest BCUT2D eigenvalue weighted by atomic mass is 19.1. The summed E-state index contributed by atoms with van der Waals surface area (Å²) in [6.07, 6.45) is 5.51. The number of nitrogens with zero attached hydrogens (tertiary/aromatic N) is 1. The number of fused-ring (bicyclic) bond motifs is 1. The number of pyridine rings is 1. The molecule has 4 nitrogen and oxygen atoms in total. The Balaban J connectivity index is 0.00000261. The molecule has 0 spiro atoms. The first-order chi connectivity index (χ1) is 12.6. The molecule has 2 aromatic rings. The van der Waals surface area contributed by atoms with Crippen molar-refractivity contribution in [2.45, 2.75) is 39.0 Å². The third-order valence-corrected chi connectivity index (χ3v) is 4.61. The maximum Gasteiger partial charge on any atom is 0.126 e. The van der Waals surface area contributed by atoms with Gasteiger partial charge in [-0.15, -0.1) is 0 Å². The summed E-state index contributed by atoms with van der Waals surface area (Å²) in [7, 11) is 0. The minimum atomic E-state index is -0.281. The summed E-state index contributed by atoms with van der Waals surface area (Å²) in [4.78, 5) is 4.43. The molecule has 0 bridgehead atoms. The van der Waals surface area contributed by atoms with Gasteiger partial charge in [0.15, 0.2) is 0 Å². The summed E-state index contributed by atoms with van der Waals surface area (Å²) in [6, 6.07) is 6.83. The smallest absolute Gasteiger partial charge is 0.126 e. The van der Waals surface area contributed by atoms with Crippen molar-refractivity contribution in [1.82, 2.24) is 4.98 Å². The lowest BCUT2D eigenvalue weighted by atomic mass is 10.0. The highest BCUT2D eigenvalue weighted by Crippen LogP contribution is 2.27. The SMILES string of the molecule is CC(C)c1ccc(F)cc1OCCOCCNc1cc2c(cn1)CCC2.[HH]. The van der Waals surface area contributed by atoms with Gasteiger partial charge in [-0.2, -0.15) is 0 Å². The number of rotatable bonds is 9. The molecule has 1 aliphatic rings. The molecule has 0 aliphatic heterocycles. The summed E-state index contributed by atoms with van der Waals surface area (Å²) in [5.74, 6) is 1.52. The van der Waals surface area contributed by atoms with Gasteiger partial charge in [0, 0.05) is 20.2 Å². The highest BCUT2D eigenvalue weighted by Gasteiger charge is 2.11. The van der Waals surface area contributed by atoms with Crippen LogP contribution in [-0.4, -0.2) is 31.3 Å². The molecule has 0 saturated carbocycles. The molecule has 1 aromatic carbocycles. The second-order valence-electron chi connectivity index (χ2n) is 6.92. The zero-order valence-electron chi connectivity index (χ0n) is 15.6. The molecular weight excluding hydrogens is 331 g/mol. The molecule has 26 heavy (non-hydrogen) atoms. The number of anilines is 1. The molecule has 0 amide bonds. The largest absolute Gasteiger partial charge is 0.491 e. The van der Waals surface area contributed by atoms with E-state index in [9.17, 15) is 4.39 Å². The van der Waals surface area contributed by atoms with E-state index in [1.807, 2.05) is 6.20 Å². The van der Waals surface area contributed by atoms with E-state index in [-0.39, 0.29) is 13.2 Å². The van der Waals surface area contributed by atoms with Crippen molar-refractivity contribution in [3.05, 3.63) is 53.0 Å². The van der Waals surface area contributed by atoms with Gasteiger partial charge < -0.3 is 14.8 Å². The van der Waals surface area contributed by atoms with E-state index in [4.69, 9.17) is 9.47 Å². The Hall–Kier alpha value is -2.14. The lowest BCUT2D eigenvalue weighted by molar-refractivity contribution is 0.107. The topological polar surface area (TPSA) is 43.4 Å². The van der Waals surface area contributed by atoms with Crippen LogP contribution in [0.4, 0.5) is 10.2 Å². The molecule has 3 rings (SSSR count). The van der Waals surface area contributed by atoms with Crippen molar-refractivity contribution >= 4 is 5.82 Å². The second kappa shape index (κ2) is 8.99. The highest BCUT2D eigenvalue weighted by molar-refractivity contribution is 5.42. The second-order valence-corrected chi connectivity index (χ2v) is 6.92. The zero-order chi connectivity index (χ0) is 18.4. The minimum absolute atomic E-state index is 0. The molecule has 0 radical (unpaired) electrons. The number of halogens is 1. The molecule has 0 fully saturated rings. The fourth-order valence-corrected chi connectivity index (χ4v) is 3.22. The molecule has 1 aliphatic carbocycles. The van der Waals surface area contributed by atoms with Crippen LogP contribution in [0.3, 0.4) is 0 Å². The fraction of sp³-hybridized carbons (Fsp3) is 0.476. The number of nitrogens with one attached hydrogen (secondary N) is 1. The van der Waals surface area contributed by atoms with Gasteiger partial charge in [-0.1, -0.05) is 19.9 Å². The first kappa shape index (κ1) is 18.6. The predicted molar refractivity (Wildman–Crippen MR) is 104 cm³/mol. The van der Waals surface area contributed by atoms with Gasteiger partial charge in [0.05, 0.1) is 13.2 Å². The Morgan fingerprint density at radius 3 is 2.85 bits per heavy atom. The number of hydrogen-bond donors (Lipinski definition) is 1. The molecule has 1 aromatic heterocycles. The number of benzene rings is 1. The van der Waals surface area contributed by atoms with Crippen molar-refractivity contribution in [2.24, 2.45) is 0 Å². The van der Waals surface area contributed by atoms with Crippen LogP contribution < -0.4 is 10.1 Å². The Morgan fingerprint density at radius 1 is 1.15 bits per heavy atom. The average molecular weight is 360 g/mol. The quantitative estimate of drug-likeness (QED) is 0.665. The Labute approximate surface area is 156 Å². The van der Waals surface area contributed by atoms with E-state index in [0.29, 0.717) is 32.1 Å². The van der Waals surface area contributed by atoms with Crippen LogP contribution >= 0.6 is 0 Å². The predicted octanol–water partition coefficient (Wildman–Crippen LogP) is 4.59. The van der Waals surface area contributed by atoms with Crippen LogP contribution in [0.25, 0.3) is 0 Å². The zero-order valence-corrected chi connectivity index (χ0v) is 15.6. The first-order valence-electron chi connectivity index (χ1n) is 9.35. The Bertz CT molecular complexity index is 740. The lowest BCUT2D eigenvalue weighted by Crippen LogP contribution is -2.14. The van der Waals surface area contributed by atoms with Gasteiger partial charge in [-0.25, -0.2) is 9.37 Å². The number of ether oxygens (including phenoxy) is 2. The minimum Gasteiger partial charge on any atom is -0.491 e. The molecule has 142 valence electrons. The first-order valence-corrected chi connectivity index (χ1v) is 9.35. The normalized spacial score (nSPS) is 13.1. The van der Waals surface area contributed by atoms with Crippen molar-refractivity contribution < 1.29 is 15.3 Å². The molecule has 0 atom stereocenters. The van der Waals surface area contributed by atoms with Crippen LogP contribution in [-0.2, 0) is 17.6 Å². The summed E-state index contributed by atoms with van der Waals surface area (Å²) in [5.41, 5.74) is 3.80.